The fraction of sp³-hybridized carbons (Fsp3) is 0.250. The molecule has 1 fully saturated rings. The molecule has 0 unspecified atom stereocenters. The summed E-state index contributed by atoms with van der Waals surface area (Å²) in [6.45, 7) is 3.12. The number of aromatic amines is 1. The molecule has 3 heterocycles. The van der Waals surface area contributed by atoms with E-state index < -0.39 is 5.91 Å². The van der Waals surface area contributed by atoms with Crippen LogP contribution in [0.4, 0.5) is 5.95 Å². The molecule has 0 saturated carbocycles. The number of primary amides is 1. The van der Waals surface area contributed by atoms with Gasteiger partial charge in [0.1, 0.15) is 16.7 Å². The first-order valence-corrected chi connectivity index (χ1v) is 7.51. The summed E-state index contributed by atoms with van der Waals surface area (Å²) in [5.41, 5.74) is 9.00. The van der Waals surface area contributed by atoms with Crippen molar-refractivity contribution in [1.29, 1.82) is 0 Å². The molecule has 1 aliphatic rings. The highest BCUT2D eigenvalue weighted by atomic mass is 16.1. The first kappa shape index (κ1) is 13.7. The van der Waals surface area contributed by atoms with Gasteiger partial charge in [-0.05, 0) is 25.5 Å². The fourth-order valence-electron chi connectivity index (χ4n) is 2.77. The molecule has 1 amide bonds. The van der Waals surface area contributed by atoms with E-state index in [9.17, 15) is 4.79 Å². The zero-order chi connectivity index (χ0) is 16.0. The molecule has 0 bridgehead atoms. The Hall–Kier alpha value is -2.96. The van der Waals surface area contributed by atoms with Crippen molar-refractivity contribution in [1.82, 2.24) is 20.2 Å². The number of nitrogens with one attached hydrogen (secondary N) is 1. The van der Waals surface area contributed by atoms with Crippen LogP contribution in [0.15, 0.2) is 30.5 Å². The summed E-state index contributed by atoms with van der Waals surface area (Å²) in [6, 6.07) is 7.53. The van der Waals surface area contributed by atoms with Crippen molar-refractivity contribution in [3.63, 3.8) is 0 Å². The van der Waals surface area contributed by atoms with Crippen molar-refractivity contribution in [2.45, 2.75) is 19.4 Å². The molecule has 7 heteroatoms. The molecule has 2 aromatic heterocycles. The molecule has 3 N–H and O–H groups in total. The van der Waals surface area contributed by atoms with Crippen LogP contribution >= 0.6 is 0 Å². The van der Waals surface area contributed by atoms with Crippen LogP contribution in [0.3, 0.4) is 0 Å². The number of anilines is 1. The number of fused-ring (bicyclic) bond motifs is 1. The zero-order valence-electron chi connectivity index (χ0n) is 12.7. The Kier molecular flexibility index (Phi) is 3.00. The zero-order valence-corrected chi connectivity index (χ0v) is 12.7. The van der Waals surface area contributed by atoms with Gasteiger partial charge in [0, 0.05) is 23.7 Å². The first-order chi connectivity index (χ1) is 11.1. The largest absolute Gasteiger partial charge is 0.366 e. The van der Waals surface area contributed by atoms with Crippen molar-refractivity contribution in [3.8, 4) is 11.3 Å². The molecule has 1 atom stereocenters. The lowest BCUT2D eigenvalue weighted by Gasteiger charge is -2.38. The summed E-state index contributed by atoms with van der Waals surface area (Å²) in [5, 5.41) is 7.03. The number of hydrogen-bond donors (Lipinski definition) is 2. The van der Waals surface area contributed by atoms with Gasteiger partial charge in [0.15, 0.2) is 0 Å². The number of amides is 1. The van der Waals surface area contributed by atoms with Crippen LogP contribution in [0, 0.1) is 0 Å². The van der Waals surface area contributed by atoms with Gasteiger partial charge in [0.05, 0.1) is 6.20 Å². The maximum atomic E-state index is 11.2. The highest BCUT2D eigenvalue weighted by Crippen LogP contribution is 2.30. The summed E-state index contributed by atoms with van der Waals surface area (Å²) in [6.07, 6.45) is 2.85. The monoisotopic (exact) mass is 308 g/mol. The van der Waals surface area contributed by atoms with Gasteiger partial charge in [-0.25, -0.2) is 9.97 Å². The van der Waals surface area contributed by atoms with E-state index in [0.717, 1.165) is 35.3 Å². The Balaban J connectivity index is 1.84. The number of nitrogens with two attached hydrogens (primary N) is 1. The van der Waals surface area contributed by atoms with Gasteiger partial charge in [-0.2, -0.15) is 5.10 Å². The molecule has 7 nitrogen and oxygen atoms in total. The van der Waals surface area contributed by atoms with Crippen LogP contribution in [-0.4, -0.2) is 38.7 Å². The topological polar surface area (TPSA) is 101 Å². The molecule has 1 saturated heterocycles. The molecule has 1 aliphatic heterocycles. The lowest BCUT2D eigenvalue weighted by atomic mass is 10.1. The van der Waals surface area contributed by atoms with E-state index >= 15 is 0 Å². The van der Waals surface area contributed by atoms with Crippen LogP contribution in [0.2, 0.25) is 0 Å². The normalized spacial score (nSPS) is 17.3. The third-order valence-corrected chi connectivity index (χ3v) is 4.31. The molecular weight excluding hydrogens is 292 g/mol. The summed E-state index contributed by atoms with van der Waals surface area (Å²) in [5.74, 6) is 0.271. The van der Waals surface area contributed by atoms with Gasteiger partial charge in [-0.3, -0.25) is 9.89 Å². The van der Waals surface area contributed by atoms with Crippen molar-refractivity contribution >= 4 is 22.9 Å². The molecule has 116 valence electrons. The van der Waals surface area contributed by atoms with Gasteiger partial charge >= 0.3 is 0 Å². The van der Waals surface area contributed by atoms with E-state index in [1.807, 2.05) is 12.1 Å². The number of hydrogen-bond acceptors (Lipinski definition) is 5. The molecular formula is C16H16N6O. The summed E-state index contributed by atoms with van der Waals surface area (Å²) < 4.78 is 0. The molecule has 0 radical (unpaired) electrons. The summed E-state index contributed by atoms with van der Waals surface area (Å²) >= 11 is 0. The lowest BCUT2D eigenvalue weighted by molar-refractivity contribution is 0.100. The fourth-order valence-corrected chi connectivity index (χ4v) is 2.77. The Labute approximate surface area is 132 Å². The second kappa shape index (κ2) is 5.05. The number of nitrogens with zero attached hydrogens (tertiary/aromatic N) is 4. The van der Waals surface area contributed by atoms with Crippen molar-refractivity contribution in [2.24, 2.45) is 5.73 Å². The minimum Gasteiger partial charge on any atom is -0.366 e. The first-order valence-electron chi connectivity index (χ1n) is 7.51. The minimum absolute atomic E-state index is 0.444. The summed E-state index contributed by atoms with van der Waals surface area (Å²) in [4.78, 5) is 22.7. The van der Waals surface area contributed by atoms with E-state index in [0.29, 0.717) is 17.6 Å². The van der Waals surface area contributed by atoms with Gasteiger partial charge in [-0.1, -0.05) is 12.1 Å². The van der Waals surface area contributed by atoms with Gasteiger partial charge in [0.2, 0.25) is 11.9 Å². The number of rotatable bonds is 3. The average Bonchev–Trinajstić information content (AvgIpc) is 3.01. The number of carbonyl (C=O) groups excluding carboxylic acids is 1. The number of benzene rings is 1. The minimum atomic E-state index is -0.444. The molecule has 3 aromatic rings. The maximum absolute atomic E-state index is 11.2. The number of aromatic nitrogens is 4. The molecule has 0 spiro atoms. The SMILES string of the molecule is C[C@H]1CCN1c1nc(-c2ccc(C(N)=O)cc2)c2[nH]ncc2n1. The van der Waals surface area contributed by atoms with E-state index in [1.165, 1.54) is 0 Å². The van der Waals surface area contributed by atoms with Crippen molar-refractivity contribution < 1.29 is 4.79 Å². The predicted octanol–water partition coefficient (Wildman–Crippen LogP) is 1.72. The Morgan fingerprint density at radius 2 is 2.09 bits per heavy atom. The van der Waals surface area contributed by atoms with Crippen molar-refractivity contribution in [2.75, 3.05) is 11.4 Å². The smallest absolute Gasteiger partial charge is 0.248 e. The summed E-state index contributed by atoms with van der Waals surface area (Å²) in [7, 11) is 0. The highest BCUT2D eigenvalue weighted by molar-refractivity contribution is 5.94. The molecule has 23 heavy (non-hydrogen) atoms. The third kappa shape index (κ3) is 2.21. The predicted molar refractivity (Wildman–Crippen MR) is 87.1 cm³/mol. The van der Waals surface area contributed by atoms with Crippen molar-refractivity contribution in [3.05, 3.63) is 36.0 Å². The quantitative estimate of drug-likeness (QED) is 0.767. The maximum Gasteiger partial charge on any atom is 0.248 e. The van der Waals surface area contributed by atoms with Crippen LogP contribution in [0.5, 0.6) is 0 Å². The van der Waals surface area contributed by atoms with Crippen LogP contribution in [-0.2, 0) is 0 Å². The highest BCUT2D eigenvalue weighted by Gasteiger charge is 2.27. The van der Waals surface area contributed by atoms with Crippen LogP contribution in [0.25, 0.3) is 22.3 Å². The molecule has 0 aliphatic carbocycles. The Bertz CT molecular complexity index is 885. The second-order valence-electron chi connectivity index (χ2n) is 5.78. The van der Waals surface area contributed by atoms with Gasteiger partial charge in [0.25, 0.3) is 0 Å². The Morgan fingerprint density at radius 3 is 2.70 bits per heavy atom. The van der Waals surface area contributed by atoms with E-state index in [4.69, 9.17) is 10.7 Å². The number of carbonyl (C=O) groups is 1. The molecule has 4 rings (SSSR count). The lowest BCUT2D eigenvalue weighted by Crippen LogP contribution is -2.46. The van der Waals surface area contributed by atoms with Crippen LogP contribution in [0.1, 0.15) is 23.7 Å². The third-order valence-electron chi connectivity index (χ3n) is 4.31. The van der Waals surface area contributed by atoms with E-state index in [2.05, 4.69) is 27.0 Å². The van der Waals surface area contributed by atoms with Crippen LogP contribution < -0.4 is 10.6 Å². The van der Waals surface area contributed by atoms with E-state index in [-0.39, 0.29) is 0 Å². The standard InChI is InChI=1S/C16H16N6O/c1-9-6-7-22(9)16-19-12-8-18-21-14(12)13(20-16)10-2-4-11(5-3-10)15(17)23/h2-5,8-9H,6-7H2,1H3,(H2,17,23)(H,18,21)/t9-/m0/s1. The Morgan fingerprint density at radius 1 is 1.30 bits per heavy atom. The second-order valence-corrected chi connectivity index (χ2v) is 5.78. The molecule has 1 aromatic carbocycles. The van der Waals surface area contributed by atoms with Gasteiger partial charge in [-0.15, -0.1) is 0 Å². The van der Waals surface area contributed by atoms with Gasteiger partial charge < -0.3 is 10.6 Å². The average molecular weight is 308 g/mol. The number of H-pyrrole nitrogens is 1. The van der Waals surface area contributed by atoms with E-state index in [1.54, 1.807) is 18.3 Å².